The molecule has 2 aromatic carbocycles. The molecule has 1 atom stereocenters. The van der Waals surface area contributed by atoms with Gasteiger partial charge in [-0.15, -0.1) is 0 Å². The van der Waals surface area contributed by atoms with Gasteiger partial charge in [0.1, 0.15) is 16.7 Å². The van der Waals surface area contributed by atoms with Gasteiger partial charge in [-0.25, -0.2) is 0 Å². The van der Waals surface area contributed by atoms with Gasteiger partial charge < -0.3 is 18.9 Å². The van der Waals surface area contributed by atoms with E-state index in [1.165, 1.54) is 44.1 Å². The van der Waals surface area contributed by atoms with Crippen molar-refractivity contribution >= 4 is 39.2 Å². The molecule has 9 heteroatoms. The maximum atomic E-state index is 12.6. The predicted octanol–water partition coefficient (Wildman–Crippen LogP) is 10.6. The highest BCUT2D eigenvalue weighted by molar-refractivity contribution is 9.10. The first-order valence-corrected chi connectivity index (χ1v) is 18.1. The van der Waals surface area contributed by atoms with Crippen molar-refractivity contribution in [3.63, 3.8) is 0 Å². The highest BCUT2D eigenvalue weighted by Gasteiger charge is 2.42. The molecule has 0 heterocycles. The molecule has 2 rings (SSSR count). The van der Waals surface area contributed by atoms with Crippen molar-refractivity contribution in [1.82, 2.24) is 0 Å². The Labute approximate surface area is 291 Å². The number of benzene rings is 2. The summed E-state index contributed by atoms with van der Waals surface area (Å²) in [4.78, 5) is 25.0. The number of alkyl halides is 1. The fourth-order valence-electron chi connectivity index (χ4n) is 5.17. The smallest absolute Gasteiger partial charge is 0.322 e. The second-order valence-corrected chi connectivity index (χ2v) is 14.8. The van der Waals surface area contributed by atoms with Crippen LogP contribution in [0.2, 0.25) is 0 Å². The molecule has 0 bridgehead atoms. The van der Waals surface area contributed by atoms with Crippen LogP contribution in [0.1, 0.15) is 110 Å². The van der Waals surface area contributed by atoms with Crippen molar-refractivity contribution in [1.29, 1.82) is 0 Å². The van der Waals surface area contributed by atoms with Gasteiger partial charge >= 0.3 is 11.9 Å². The topological polar surface area (TPSA) is 95.8 Å². The molecule has 0 amide bonds. The van der Waals surface area contributed by atoms with Gasteiger partial charge in [0.2, 0.25) is 0 Å². The van der Waals surface area contributed by atoms with Crippen LogP contribution in [0.25, 0.3) is 0 Å². The largest absolute Gasteiger partial charge is 0.494 e. The number of esters is 2. The molecule has 2 aromatic rings. The fourth-order valence-corrected chi connectivity index (χ4v) is 5.98. The monoisotopic (exact) mass is 716 g/mol. The van der Waals surface area contributed by atoms with Crippen molar-refractivity contribution in [3.05, 3.63) is 54.1 Å². The van der Waals surface area contributed by atoms with E-state index in [0.717, 1.165) is 55.6 Å². The van der Waals surface area contributed by atoms with Crippen LogP contribution in [0.15, 0.2) is 58.8 Å². The van der Waals surface area contributed by atoms with E-state index in [2.05, 4.69) is 45.2 Å². The molecule has 0 fully saturated rings. The Kier molecular flexibility index (Phi) is 19.5. The molecule has 0 aliphatic carbocycles. The number of rotatable bonds is 25. The summed E-state index contributed by atoms with van der Waals surface area (Å²) in [5.74, 6) is 0.151. The number of halogens is 1. The first-order chi connectivity index (χ1) is 22.6. The van der Waals surface area contributed by atoms with E-state index in [-0.39, 0.29) is 25.0 Å². The lowest BCUT2D eigenvalue weighted by molar-refractivity contribution is -0.157. The van der Waals surface area contributed by atoms with Gasteiger partial charge in [-0.3, -0.25) is 9.59 Å². The lowest BCUT2D eigenvalue weighted by Crippen LogP contribution is -2.40. The van der Waals surface area contributed by atoms with E-state index in [9.17, 15) is 9.59 Å². The molecule has 47 heavy (non-hydrogen) atoms. The van der Waals surface area contributed by atoms with E-state index in [1.807, 2.05) is 36.4 Å². The zero-order chi connectivity index (χ0) is 34.4. The second-order valence-electron chi connectivity index (χ2n) is 13.0. The number of hydrogen-bond donors (Lipinski definition) is 0. The van der Waals surface area contributed by atoms with Crippen LogP contribution in [0, 0.1) is 5.41 Å². The van der Waals surface area contributed by atoms with E-state index >= 15 is 0 Å². The molecule has 0 saturated heterocycles. The van der Waals surface area contributed by atoms with E-state index < -0.39 is 9.74 Å². The summed E-state index contributed by atoms with van der Waals surface area (Å²) in [7, 11) is 1.55. The number of carbonyl (C=O) groups excluding carboxylic acids is 2. The summed E-state index contributed by atoms with van der Waals surface area (Å²) < 4.78 is 20.6. The summed E-state index contributed by atoms with van der Waals surface area (Å²) in [6.07, 6.45) is 13.8. The summed E-state index contributed by atoms with van der Waals surface area (Å²) in [6.45, 7) is 9.13. The van der Waals surface area contributed by atoms with Crippen LogP contribution < -0.4 is 4.74 Å². The normalized spacial score (nSPS) is 13.0. The second kappa shape index (κ2) is 22.7. The van der Waals surface area contributed by atoms with Crippen LogP contribution in [-0.4, -0.2) is 49.8 Å². The summed E-state index contributed by atoms with van der Waals surface area (Å²) in [6, 6.07) is 16.1. The van der Waals surface area contributed by atoms with Crippen LogP contribution >= 0.6 is 15.9 Å². The van der Waals surface area contributed by atoms with Crippen LogP contribution in [0.4, 0.5) is 11.4 Å². The lowest BCUT2D eigenvalue weighted by Gasteiger charge is -2.30. The maximum absolute atomic E-state index is 12.6. The SMILES string of the molecule is CCCCc1ccc(N=Nc2ccc(OCCCCCCCCCCCOC(=O)C(C)(Br)CC(C)(C)C(=O)OCCOC)cc2)cc1. The van der Waals surface area contributed by atoms with Crippen molar-refractivity contribution in [3.8, 4) is 5.75 Å². The average molecular weight is 718 g/mol. The summed E-state index contributed by atoms with van der Waals surface area (Å²) >= 11 is 3.48. The van der Waals surface area contributed by atoms with Gasteiger partial charge in [0.15, 0.2) is 0 Å². The third-order valence-electron chi connectivity index (χ3n) is 7.94. The van der Waals surface area contributed by atoms with Gasteiger partial charge in [-0.1, -0.05) is 86.4 Å². The lowest BCUT2D eigenvalue weighted by atomic mass is 9.83. The van der Waals surface area contributed by atoms with Crippen molar-refractivity contribution < 1.29 is 28.5 Å². The maximum Gasteiger partial charge on any atom is 0.322 e. The van der Waals surface area contributed by atoms with Gasteiger partial charge in [0.05, 0.1) is 36.6 Å². The summed E-state index contributed by atoms with van der Waals surface area (Å²) in [5.41, 5.74) is 2.18. The van der Waals surface area contributed by atoms with E-state index in [1.54, 1.807) is 27.9 Å². The molecule has 0 saturated carbocycles. The first-order valence-electron chi connectivity index (χ1n) is 17.3. The van der Waals surface area contributed by atoms with E-state index in [0.29, 0.717) is 19.8 Å². The minimum atomic E-state index is -0.958. The Morgan fingerprint density at radius 1 is 0.660 bits per heavy atom. The van der Waals surface area contributed by atoms with Crippen LogP contribution in [0.5, 0.6) is 5.75 Å². The number of ether oxygens (including phenoxy) is 4. The number of methoxy groups -OCH3 is 1. The van der Waals surface area contributed by atoms with Gasteiger partial charge in [0.25, 0.3) is 0 Å². The average Bonchev–Trinajstić information content (AvgIpc) is 3.05. The Hall–Kier alpha value is -2.78. The highest BCUT2D eigenvalue weighted by Crippen LogP contribution is 2.36. The molecule has 0 radical (unpaired) electrons. The fraction of sp³-hybridized carbons (Fsp3) is 0.632. The molecule has 0 aliphatic rings. The molecular formula is C38H57BrN2O6. The van der Waals surface area contributed by atoms with Crippen molar-refractivity contribution in [2.24, 2.45) is 15.6 Å². The Bertz CT molecular complexity index is 1180. The number of azo groups is 1. The molecular weight excluding hydrogens is 660 g/mol. The Balaban J connectivity index is 1.47. The molecule has 262 valence electrons. The predicted molar refractivity (Wildman–Crippen MR) is 192 cm³/mol. The number of nitrogens with zero attached hydrogens (tertiary/aromatic N) is 2. The molecule has 0 aromatic heterocycles. The third-order valence-corrected chi connectivity index (χ3v) is 8.54. The number of hydrogen-bond acceptors (Lipinski definition) is 8. The number of carbonyl (C=O) groups is 2. The summed E-state index contributed by atoms with van der Waals surface area (Å²) in [5, 5.41) is 8.70. The number of unbranched alkanes of at least 4 members (excludes halogenated alkanes) is 9. The molecule has 0 aliphatic heterocycles. The van der Waals surface area contributed by atoms with Gasteiger partial charge in [-0.05, 0) is 94.8 Å². The highest BCUT2D eigenvalue weighted by atomic mass is 79.9. The molecule has 1 unspecified atom stereocenters. The van der Waals surface area contributed by atoms with Crippen LogP contribution in [-0.2, 0) is 30.2 Å². The molecule has 0 spiro atoms. The van der Waals surface area contributed by atoms with Gasteiger partial charge in [-0.2, -0.15) is 10.2 Å². The minimum absolute atomic E-state index is 0.193. The quantitative estimate of drug-likeness (QED) is 0.0439. The number of aryl methyl sites for hydroxylation is 1. The zero-order valence-corrected chi connectivity index (χ0v) is 30.9. The standard InChI is InChI=1S/C38H57BrN2O6/c1-6-7-17-31-18-20-32(21-19-31)40-41-33-22-24-34(25-23-33)45-26-15-13-11-9-8-10-12-14-16-27-46-36(43)38(4,39)30-37(2,3)35(42)47-29-28-44-5/h18-25H,6-17,26-30H2,1-5H3. The first kappa shape index (κ1) is 40.4. The Morgan fingerprint density at radius 3 is 1.72 bits per heavy atom. The Morgan fingerprint density at radius 2 is 1.17 bits per heavy atom. The van der Waals surface area contributed by atoms with E-state index in [4.69, 9.17) is 18.9 Å². The molecule has 8 nitrogen and oxygen atoms in total. The van der Waals surface area contributed by atoms with Crippen molar-refractivity contribution in [2.75, 3.05) is 33.5 Å². The minimum Gasteiger partial charge on any atom is -0.494 e. The molecule has 0 N–H and O–H groups in total. The third kappa shape index (κ3) is 17.3. The van der Waals surface area contributed by atoms with Crippen molar-refractivity contribution in [2.45, 2.75) is 115 Å². The zero-order valence-electron chi connectivity index (χ0n) is 29.4. The van der Waals surface area contributed by atoms with Crippen LogP contribution in [0.3, 0.4) is 0 Å². The van der Waals surface area contributed by atoms with Gasteiger partial charge in [0, 0.05) is 7.11 Å².